The number of nitrogens with one attached hydrogen (secondary N) is 2. The molecular weight excluding hydrogens is 492 g/mol. The summed E-state index contributed by atoms with van der Waals surface area (Å²) in [7, 11) is 1.62. The molecule has 0 radical (unpaired) electrons. The first-order chi connectivity index (χ1) is 18.8. The molecule has 1 aliphatic heterocycles. The zero-order chi connectivity index (χ0) is 27.8. The van der Waals surface area contributed by atoms with E-state index < -0.39 is 11.6 Å². The number of rotatable bonds is 13. The van der Waals surface area contributed by atoms with Crippen LogP contribution in [0.2, 0.25) is 0 Å². The molecule has 208 valence electrons. The number of benzene rings is 2. The third-order valence-electron chi connectivity index (χ3n) is 7.47. The lowest BCUT2D eigenvalue weighted by Gasteiger charge is -2.51. The Hall–Kier alpha value is -3.65. The number of ether oxygens (including phenoxy) is 2. The van der Waals surface area contributed by atoms with Crippen molar-refractivity contribution in [1.29, 1.82) is 0 Å². The summed E-state index contributed by atoms with van der Waals surface area (Å²) in [6.07, 6.45) is 4.79. The molecule has 0 aliphatic carbocycles. The molecule has 8 heteroatoms. The quantitative estimate of drug-likeness (QED) is 0.321. The number of aromatic amines is 1. The van der Waals surface area contributed by atoms with Crippen LogP contribution in [-0.2, 0) is 32.8 Å². The van der Waals surface area contributed by atoms with Crippen molar-refractivity contribution >= 4 is 11.8 Å². The van der Waals surface area contributed by atoms with Gasteiger partial charge in [-0.15, -0.1) is 0 Å². The fourth-order valence-corrected chi connectivity index (χ4v) is 5.12. The number of imidazole rings is 1. The van der Waals surface area contributed by atoms with Crippen molar-refractivity contribution in [2.45, 2.75) is 64.5 Å². The topological polar surface area (TPSA) is 96.6 Å². The first kappa shape index (κ1) is 28.4. The fourth-order valence-electron chi connectivity index (χ4n) is 5.12. The highest BCUT2D eigenvalue weighted by Crippen LogP contribution is 2.38. The summed E-state index contributed by atoms with van der Waals surface area (Å²) in [5.74, 6) is 0.475. The van der Waals surface area contributed by atoms with E-state index in [4.69, 9.17) is 9.47 Å². The maximum absolute atomic E-state index is 13.8. The van der Waals surface area contributed by atoms with Gasteiger partial charge in [0.2, 0.25) is 11.8 Å². The Morgan fingerprint density at radius 1 is 1.13 bits per heavy atom. The van der Waals surface area contributed by atoms with Gasteiger partial charge in [0.05, 0.1) is 32.2 Å². The largest absolute Gasteiger partial charge is 0.497 e. The second-order valence-corrected chi connectivity index (χ2v) is 10.4. The van der Waals surface area contributed by atoms with Crippen LogP contribution in [0.4, 0.5) is 0 Å². The monoisotopic (exact) mass is 532 g/mol. The van der Waals surface area contributed by atoms with Gasteiger partial charge >= 0.3 is 0 Å². The van der Waals surface area contributed by atoms with Crippen LogP contribution in [0.3, 0.4) is 0 Å². The third kappa shape index (κ3) is 6.87. The zero-order valence-electron chi connectivity index (χ0n) is 23.5. The van der Waals surface area contributed by atoms with Crippen LogP contribution >= 0.6 is 0 Å². The lowest BCUT2D eigenvalue weighted by molar-refractivity contribution is -0.175. The molecule has 1 saturated heterocycles. The molecule has 2 aromatic carbocycles. The van der Waals surface area contributed by atoms with Crippen LogP contribution in [0.1, 0.15) is 54.3 Å². The number of hydrogen-bond donors (Lipinski definition) is 2. The molecule has 0 bridgehead atoms. The number of hydrogen-bond acceptors (Lipinski definition) is 5. The number of likely N-dealkylation sites (tertiary alicyclic amines) is 1. The van der Waals surface area contributed by atoms with Gasteiger partial charge in [-0.3, -0.25) is 9.59 Å². The van der Waals surface area contributed by atoms with Gasteiger partial charge in [-0.05, 0) is 49.1 Å². The molecule has 2 heterocycles. The SMILES string of the molecule is CCCCOC1(c2ccccc2C)CN(C(=O)C(Cc2ccc(OC)cc2)NC(=O)CCc2nc[nH]c2C)C1. The molecule has 1 aromatic heterocycles. The van der Waals surface area contributed by atoms with Gasteiger partial charge < -0.3 is 24.7 Å². The predicted octanol–water partition coefficient (Wildman–Crippen LogP) is 4.25. The van der Waals surface area contributed by atoms with Gasteiger partial charge in [0.15, 0.2) is 0 Å². The van der Waals surface area contributed by atoms with Crippen molar-refractivity contribution in [2.24, 2.45) is 0 Å². The van der Waals surface area contributed by atoms with Crippen LogP contribution in [0.5, 0.6) is 5.75 Å². The molecule has 1 unspecified atom stereocenters. The average Bonchev–Trinajstić information content (AvgIpc) is 3.33. The van der Waals surface area contributed by atoms with Crippen LogP contribution in [-0.4, -0.2) is 59.5 Å². The summed E-state index contributed by atoms with van der Waals surface area (Å²) >= 11 is 0. The van der Waals surface area contributed by atoms with Crippen molar-refractivity contribution in [1.82, 2.24) is 20.2 Å². The van der Waals surface area contributed by atoms with Gasteiger partial charge in [0.25, 0.3) is 0 Å². The molecule has 4 rings (SSSR count). The molecule has 1 fully saturated rings. The van der Waals surface area contributed by atoms with Crippen molar-refractivity contribution in [3.8, 4) is 5.75 Å². The number of carbonyl (C=O) groups excluding carboxylic acids is 2. The molecular formula is C31H40N4O4. The van der Waals surface area contributed by atoms with Crippen LogP contribution in [0.15, 0.2) is 54.9 Å². The highest BCUT2D eigenvalue weighted by molar-refractivity contribution is 5.88. The minimum Gasteiger partial charge on any atom is -0.497 e. The smallest absolute Gasteiger partial charge is 0.245 e. The Morgan fingerprint density at radius 2 is 1.87 bits per heavy atom. The number of amides is 2. The van der Waals surface area contributed by atoms with E-state index in [1.54, 1.807) is 13.4 Å². The van der Waals surface area contributed by atoms with E-state index in [0.717, 1.165) is 46.7 Å². The lowest BCUT2D eigenvalue weighted by Crippen LogP contribution is -2.66. The number of H-pyrrole nitrogens is 1. The summed E-state index contributed by atoms with van der Waals surface area (Å²) in [5, 5.41) is 3.02. The summed E-state index contributed by atoms with van der Waals surface area (Å²) in [6.45, 7) is 7.72. The highest BCUT2D eigenvalue weighted by atomic mass is 16.5. The molecule has 39 heavy (non-hydrogen) atoms. The van der Waals surface area contributed by atoms with E-state index in [1.165, 1.54) is 0 Å². The van der Waals surface area contributed by atoms with E-state index in [9.17, 15) is 9.59 Å². The van der Waals surface area contributed by atoms with Gasteiger partial charge in [-0.1, -0.05) is 49.7 Å². The van der Waals surface area contributed by atoms with E-state index in [1.807, 2.05) is 48.2 Å². The Bertz CT molecular complexity index is 1250. The Balaban J connectivity index is 1.49. The van der Waals surface area contributed by atoms with E-state index >= 15 is 0 Å². The second-order valence-electron chi connectivity index (χ2n) is 10.4. The van der Waals surface area contributed by atoms with Crippen LogP contribution < -0.4 is 10.1 Å². The highest BCUT2D eigenvalue weighted by Gasteiger charge is 2.49. The Kier molecular flexibility index (Phi) is 9.41. The van der Waals surface area contributed by atoms with E-state index in [-0.39, 0.29) is 18.2 Å². The molecule has 8 nitrogen and oxygen atoms in total. The van der Waals surface area contributed by atoms with Gasteiger partial charge in [0, 0.05) is 31.6 Å². The van der Waals surface area contributed by atoms with Crippen LogP contribution in [0, 0.1) is 13.8 Å². The number of aromatic nitrogens is 2. The zero-order valence-corrected chi connectivity index (χ0v) is 23.5. The summed E-state index contributed by atoms with van der Waals surface area (Å²) in [4.78, 5) is 35.9. The van der Waals surface area contributed by atoms with Crippen molar-refractivity contribution in [2.75, 3.05) is 26.8 Å². The first-order valence-corrected chi connectivity index (χ1v) is 13.7. The Morgan fingerprint density at radius 3 is 2.51 bits per heavy atom. The lowest BCUT2D eigenvalue weighted by atomic mass is 9.82. The van der Waals surface area contributed by atoms with Gasteiger partial charge in [-0.2, -0.15) is 0 Å². The Labute approximate surface area is 231 Å². The number of carbonyl (C=O) groups is 2. The predicted molar refractivity (Wildman–Crippen MR) is 151 cm³/mol. The van der Waals surface area contributed by atoms with Gasteiger partial charge in [0.1, 0.15) is 17.4 Å². The van der Waals surface area contributed by atoms with Crippen LogP contribution in [0.25, 0.3) is 0 Å². The molecule has 0 saturated carbocycles. The maximum Gasteiger partial charge on any atom is 0.245 e. The molecule has 0 spiro atoms. The van der Waals surface area contributed by atoms with E-state index in [0.29, 0.717) is 32.5 Å². The first-order valence-electron chi connectivity index (χ1n) is 13.7. The van der Waals surface area contributed by atoms with E-state index in [2.05, 4.69) is 41.3 Å². The third-order valence-corrected chi connectivity index (χ3v) is 7.47. The number of nitrogens with zero attached hydrogens (tertiary/aromatic N) is 2. The molecule has 1 atom stereocenters. The molecule has 2 N–H and O–H groups in total. The molecule has 1 aliphatic rings. The van der Waals surface area contributed by atoms with Gasteiger partial charge in [-0.25, -0.2) is 4.98 Å². The number of aryl methyl sites for hydroxylation is 3. The minimum absolute atomic E-state index is 0.0987. The number of methoxy groups -OCH3 is 1. The molecule has 3 aromatic rings. The maximum atomic E-state index is 13.8. The normalized spacial score (nSPS) is 14.9. The average molecular weight is 533 g/mol. The standard InChI is InChI=1S/C31H40N4O4/c1-5-6-17-39-31(26-10-8-7-9-22(26)2)19-35(20-31)30(37)28(18-24-11-13-25(38-4)14-12-24)34-29(36)16-15-27-23(3)32-21-33-27/h7-14,21,28H,5-6,15-20H2,1-4H3,(H,32,33)(H,34,36). The number of unbranched alkanes of at least 4 members (excludes halogenated alkanes) is 1. The summed E-state index contributed by atoms with van der Waals surface area (Å²) in [6, 6.07) is 15.1. The minimum atomic E-state index is -0.684. The van der Waals surface area contributed by atoms with Crippen molar-refractivity contribution in [3.63, 3.8) is 0 Å². The molecule has 2 amide bonds. The van der Waals surface area contributed by atoms with Crippen molar-refractivity contribution in [3.05, 3.63) is 82.9 Å². The van der Waals surface area contributed by atoms with Crippen molar-refractivity contribution < 1.29 is 19.1 Å². The summed E-state index contributed by atoms with van der Waals surface area (Å²) < 4.78 is 11.7. The fraction of sp³-hybridized carbons (Fsp3) is 0.452. The second kappa shape index (κ2) is 12.9. The summed E-state index contributed by atoms with van der Waals surface area (Å²) in [5.41, 5.74) is 4.50.